The Bertz CT molecular complexity index is 380. The van der Waals surface area contributed by atoms with Crippen molar-refractivity contribution in [2.45, 2.75) is 25.2 Å². The molecule has 0 atom stereocenters. The molecule has 1 aromatic carbocycles. The number of phenols is 1. The Morgan fingerprint density at radius 3 is 2.87 bits per heavy atom. The van der Waals surface area contributed by atoms with E-state index in [9.17, 15) is 9.90 Å². The maximum absolute atomic E-state index is 11.1. The Kier molecular flexibility index (Phi) is 2.62. The lowest BCUT2D eigenvalue weighted by atomic mass is 10.0. The molecule has 1 aromatic rings. The summed E-state index contributed by atoms with van der Waals surface area (Å²) < 4.78 is 4.58. The molecule has 0 spiro atoms. The maximum atomic E-state index is 11.1. The molecule has 0 heterocycles. The summed E-state index contributed by atoms with van der Waals surface area (Å²) >= 11 is 0. The molecule has 1 fully saturated rings. The maximum Gasteiger partial charge on any atom is 0.310 e. The van der Waals surface area contributed by atoms with Gasteiger partial charge in [-0.2, -0.15) is 0 Å². The molecule has 15 heavy (non-hydrogen) atoms. The summed E-state index contributed by atoms with van der Waals surface area (Å²) in [6.07, 6.45) is 2.56. The van der Waals surface area contributed by atoms with E-state index in [1.165, 1.54) is 25.5 Å². The number of benzene rings is 1. The van der Waals surface area contributed by atoms with E-state index in [2.05, 4.69) is 4.74 Å². The Balaban J connectivity index is 2.20. The van der Waals surface area contributed by atoms with Gasteiger partial charge in [0.2, 0.25) is 0 Å². The van der Waals surface area contributed by atoms with Gasteiger partial charge in [-0.05, 0) is 30.4 Å². The lowest BCUT2D eigenvalue weighted by Gasteiger charge is -2.06. The van der Waals surface area contributed by atoms with Crippen molar-refractivity contribution in [2.24, 2.45) is 0 Å². The van der Waals surface area contributed by atoms with Gasteiger partial charge in [0.25, 0.3) is 0 Å². The fourth-order valence-corrected chi connectivity index (χ4v) is 1.65. The number of hydrogen-bond donors (Lipinski definition) is 1. The molecule has 0 amide bonds. The fraction of sp³-hybridized carbons (Fsp3) is 0.417. The van der Waals surface area contributed by atoms with Crippen LogP contribution in [0.3, 0.4) is 0 Å². The lowest BCUT2D eigenvalue weighted by molar-refractivity contribution is -0.139. The van der Waals surface area contributed by atoms with Crippen LogP contribution < -0.4 is 0 Å². The molecule has 80 valence electrons. The monoisotopic (exact) mass is 206 g/mol. The van der Waals surface area contributed by atoms with Crippen molar-refractivity contribution in [3.8, 4) is 5.75 Å². The van der Waals surface area contributed by atoms with Crippen molar-refractivity contribution in [1.29, 1.82) is 0 Å². The van der Waals surface area contributed by atoms with E-state index in [1.807, 2.05) is 12.1 Å². The third-order valence-corrected chi connectivity index (χ3v) is 2.71. The number of ether oxygens (including phenoxy) is 1. The van der Waals surface area contributed by atoms with Crippen LogP contribution in [0, 0.1) is 0 Å². The Labute approximate surface area is 88.7 Å². The molecule has 0 bridgehead atoms. The largest absolute Gasteiger partial charge is 0.508 e. The molecule has 0 aliphatic heterocycles. The first-order valence-electron chi connectivity index (χ1n) is 5.09. The zero-order valence-electron chi connectivity index (χ0n) is 8.69. The highest BCUT2D eigenvalue weighted by Gasteiger charge is 2.24. The van der Waals surface area contributed by atoms with Crippen LogP contribution in [-0.4, -0.2) is 18.2 Å². The molecule has 3 nitrogen and oxygen atoms in total. The molecule has 3 heteroatoms. The third kappa shape index (κ3) is 2.29. The molecule has 0 unspecified atom stereocenters. The van der Waals surface area contributed by atoms with Gasteiger partial charge in [0.05, 0.1) is 13.5 Å². The van der Waals surface area contributed by atoms with Gasteiger partial charge in [0, 0.05) is 5.56 Å². The molecule has 0 radical (unpaired) electrons. The minimum Gasteiger partial charge on any atom is -0.508 e. The van der Waals surface area contributed by atoms with Crippen LogP contribution in [-0.2, 0) is 16.0 Å². The molecule has 2 rings (SSSR count). The summed E-state index contributed by atoms with van der Waals surface area (Å²) in [5, 5.41) is 9.57. The molecule has 1 N–H and O–H groups in total. The van der Waals surface area contributed by atoms with Crippen molar-refractivity contribution in [1.82, 2.24) is 0 Å². The first-order chi connectivity index (χ1) is 7.20. The molecule has 0 saturated heterocycles. The molecule has 1 aliphatic carbocycles. The standard InChI is InChI=1S/C12H14O3/c1-15-12(14)7-10-6-9(8-2-3-8)4-5-11(10)13/h4-6,8,13H,2-3,7H2,1H3. The van der Waals surface area contributed by atoms with Gasteiger partial charge in [0.15, 0.2) is 0 Å². The van der Waals surface area contributed by atoms with E-state index < -0.39 is 0 Å². The second-order valence-corrected chi connectivity index (χ2v) is 3.92. The average Bonchev–Trinajstić information content (AvgIpc) is 3.04. The minimum atomic E-state index is -0.321. The van der Waals surface area contributed by atoms with Gasteiger partial charge >= 0.3 is 5.97 Å². The van der Waals surface area contributed by atoms with Gasteiger partial charge in [0.1, 0.15) is 5.75 Å². The van der Waals surface area contributed by atoms with Gasteiger partial charge in [-0.3, -0.25) is 4.79 Å². The van der Waals surface area contributed by atoms with E-state index in [0.29, 0.717) is 11.5 Å². The quantitative estimate of drug-likeness (QED) is 0.769. The number of phenolic OH excluding ortho intramolecular Hbond substituents is 1. The van der Waals surface area contributed by atoms with Crippen molar-refractivity contribution < 1.29 is 14.6 Å². The van der Waals surface area contributed by atoms with E-state index in [1.54, 1.807) is 6.07 Å². The van der Waals surface area contributed by atoms with Crippen molar-refractivity contribution in [3.05, 3.63) is 29.3 Å². The van der Waals surface area contributed by atoms with Crippen LogP contribution in [0.2, 0.25) is 0 Å². The third-order valence-electron chi connectivity index (χ3n) is 2.71. The highest BCUT2D eigenvalue weighted by atomic mass is 16.5. The summed E-state index contributed by atoms with van der Waals surface area (Å²) in [5.41, 5.74) is 1.87. The van der Waals surface area contributed by atoms with Crippen molar-refractivity contribution >= 4 is 5.97 Å². The number of aromatic hydroxyl groups is 1. The number of esters is 1. The van der Waals surface area contributed by atoms with Crippen LogP contribution in [0.5, 0.6) is 5.75 Å². The number of carbonyl (C=O) groups is 1. The zero-order valence-corrected chi connectivity index (χ0v) is 8.69. The van der Waals surface area contributed by atoms with Crippen molar-refractivity contribution in [3.63, 3.8) is 0 Å². The average molecular weight is 206 g/mol. The summed E-state index contributed by atoms with van der Waals surface area (Å²) in [4.78, 5) is 11.1. The first kappa shape index (κ1) is 10.0. The normalized spacial score (nSPS) is 15.0. The molecular formula is C12H14O3. The fourth-order valence-electron chi connectivity index (χ4n) is 1.65. The van der Waals surface area contributed by atoms with E-state index in [-0.39, 0.29) is 18.1 Å². The topological polar surface area (TPSA) is 46.5 Å². The lowest BCUT2D eigenvalue weighted by Crippen LogP contribution is -2.04. The number of methoxy groups -OCH3 is 1. The second kappa shape index (κ2) is 3.93. The summed E-state index contributed by atoms with van der Waals surface area (Å²) in [6.45, 7) is 0. The van der Waals surface area contributed by atoms with Gasteiger partial charge in [-0.25, -0.2) is 0 Å². The van der Waals surface area contributed by atoms with Gasteiger partial charge in [-0.15, -0.1) is 0 Å². The predicted molar refractivity (Wildman–Crippen MR) is 55.8 cm³/mol. The molecule has 1 aliphatic rings. The van der Waals surface area contributed by atoms with Gasteiger partial charge in [-0.1, -0.05) is 12.1 Å². The molecular weight excluding hydrogens is 192 g/mol. The number of rotatable bonds is 3. The SMILES string of the molecule is COC(=O)Cc1cc(C2CC2)ccc1O. The highest BCUT2D eigenvalue weighted by Crippen LogP contribution is 2.41. The van der Waals surface area contributed by atoms with Crippen LogP contribution in [0.25, 0.3) is 0 Å². The first-order valence-corrected chi connectivity index (χ1v) is 5.09. The van der Waals surface area contributed by atoms with Crippen LogP contribution in [0.15, 0.2) is 18.2 Å². The Hall–Kier alpha value is -1.51. The Morgan fingerprint density at radius 1 is 1.53 bits per heavy atom. The van der Waals surface area contributed by atoms with E-state index in [4.69, 9.17) is 0 Å². The second-order valence-electron chi connectivity index (χ2n) is 3.92. The number of hydrogen-bond acceptors (Lipinski definition) is 3. The van der Waals surface area contributed by atoms with E-state index >= 15 is 0 Å². The van der Waals surface area contributed by atoms with E-state index in [0.717, 1.165) is 0 Å². The molecule has 0 aromatic heterocycles. The van der Waals surface area contributed by atoms with Crippen LogP contribution >= 0.6 is 0 Å². The summed E-state index contributed by atoms with van der Waals surface area (Å²) in [6, 6.07) is 5.49. The number of carbonyl (C=O) groups excluding carboxylic acids is 1. The zero-order chi connectivity index (χ0) is 10.8. The van der Waals surface area contributed by atoms with Crippen LogP contribution in [0.1, 0.15) is 29.9 Å². The smallest absolute Gasteiger partial charge is 0.310 e. The summed E-state index contributed by atoms with van der Waals surface area (Å²) in [5.74, 6) is 0.477. The highest BCUT2D eigenvalue weighted by molar-refractivity contribution is 5.73. The van der Waals surface area contributed by atoms with Crippen molar-refractivity contribution in [2.75, 3.05) is 7.11 Å². The Morgan fingerprint density at radius 2 is 2.27 bits per heavy atom. The van der Waals surface area contributed by atoms with Crippen LogP contribution in [0.4, 0.5) is 0 Å². The summed E-state index contributed by atoms with van der Waals surface area (Å²) in [7, 11) is 1.35. The predicted octanol–water partition coefficient (Wildman–Crippen LogP) is 1.99. The van der Waals surface area contributed by atoms with Gasteiger partial charge < -0.3 is 9.84 Å². The molecule has 1 saturated carbocycles. The minimum absolute atomic E-state index is 0.142.